The zero-order valence-electron chi connectivity index (χ0n) is 8.95. The van der Waals surface area contributed by atoms with Crippen LogP contribution >= 0.6 is 34.8 Å². The number of nitrogens with zero attached hydrogens (tertiary/aromatic N) is 1. The van der Waals surface area contributed by atoms with Gasteiger partial charge in [0.05, 0.1) is 5.56 Å². The molecule has 0 saturated carbocycles. The molecule has 0 aliphatic carbocycles. The van der Waals surface area contributed by atoms with Gasteiger partial charge in [-0.1, -0.05) is 34.8 Å². The van der Waals surface area contributed by atoms with E-state index in [1.165, 1.54) is 6.20 Å². The Balaban J connectivity index is 2.24. The van der Waals surface area contributed by atoms with Crippen LogP contribution in [0.15, 0.2) is 36.5 Å². The number of halogens is 3. The molecule has 0 aliphatic heterocycles. The standard InChI is InChI=1S/C12H7Cl3N2O/c13-7-4-8(14)6-9(5-7)17-12(18)10-2-1-3-16-11(10)15/h1-6H,(H,17,18). The van der Waals surface area contributed by atoms with Crippen molar-refractivity contribution in [3.63, 3.8) is 0 Å². The van der Waals surface area contributed by atoms with Crippen LogP contribution in [0, 0.1) is 0 Å². The number of carbonyl (C=O) groups is 1. The van der Waals surface area contributed by atoms with Crippen molar-refractivity contribution in [3.8, 4) is 0 Å². The van der Waals surface area contributed by atoms with Gasteiger partial charge in [-0.3, -0.25) is 4.79 Å². The second kappa shape index (κ2) is 5.57. The molecule has 0 saturated heterocycles. The minimum absolute atomic E-state index is 0.142. The number of hydrogen-bond acceptors (Lipinski definition) is 2. The zero-order valence-corrected chi connectivity index (χ0v) is 11.2. The van der Waals surface area contributed by atoms with Gasteiger partial charge in [0.25, 0.3) is 5.91 Å². The summed E-state index contributed by atoms with van der Waals surface area (Å²) in [7, 11) is 0. The summed E-state index contributed by atoms with van der Waals surface area (Å²) in [6.07, 6.45) is 1.51. The molecule has 1 aromatic heterocycles. The van der Waals surface area contributed by atoms with Crippen LogP contribution in [-0.2, 0) is 0 Å². The average Bonchev–Trinajstić information content (AvgIpc) is 2.27. The van der Waals surface area contributed by atoms with E-state index in [0.717, 1.165) is 0 Å². The van der Waals surface area contributed by atoms with E-state index < -0.39 is 0 Å². The molecule has 1 amide bonds. The highest BCUT2D eigenvalue weighted by Gasteiger charge is 2.11. The van der Waals surface area contributed by atoms with E-state index in [1.807, 2.05) is 0 Å². The van der Waals surface area contributed by atoms with Crippen LogP contribution in [0.3, 0.4) is 0 Å². The lowest BCUT2D eigenvalue weighted by Crippen LogP contribution is -2.12. The third-order valence-corrected chi connectivity index (χ3v) is 2.86. The third-order valence-electron chi connectivity index (χ3n) is 2.12. The van der Waals surface area contributed by atoms with Gasteiger partial charge in [0.1, 0.15) is 5.15 Å². The van der Waals surface area contributed by atoms with Gasteiger partial charge in [-0.25, -0.2) is 4.98 Å². The molecule has 0 spiro atoms. The predicted molar refractivity (Wildman–Crippen MR) is 73.7 cm³/mol. The molecule has 0 radical (unpaired) electrons. The monoisotopic (exact) mass is 300 g/mol. The lowest BCUT2D eigenvalue weighted by atomic mass is 10.2. The van der Waals surface area contributed by atoms with E-state index in [9.17, 15) is 4.79 Å². The first-order chi connectivity index (χ1) is 8.56. The quantitative estimate of drug-likeness (QED) is 0.841. The molecular weight excluding hydrogens is 295 g/mol. The molecule has 0 fully saturated rings. The average molecular weight is 302 g/mol. The fraction of sp³-hybridized carbons (Fsp3) is 0. The van der Waals surface area contributed by atoms with E-state index in [2.05, 4.69) is 10.3 Å². The Morgan fingerprint density at radius 2 is 1.78 bits per heavy atom. The molecule has 1 N–H and O–H groups in total. The molecule has 0 unspecified atom stereocenters. The second-order valence-corrected chi connectivity index (χ2v) is 4.68. The van der Waals surface area contributed by atoms with E-state index in [-0.39, 0.29) is 16.6 Å². The van der Waals surface area contributed by atoms with E-state index in [1.54, 1.807) is 30.3 Å². The molecular formula is C12H7Cl3N2O. The van der Waals surface area contributed by atoms with Crippen LogP contribution in [0.25, 0.3) is 0 Å². The molecule has 2 rings (SSSR count). The van der Waals surface area contributed by atoms with Gasteiger partial charge < -0.3 is 5.32 Å². The number of carbonyl (C=O) groups excluding carboxylic acids is 1. The highest BCUT2D eigenvalue weighted by Crippen LogP contribution is 2.23. The minimum atomic E-state index is -0.369. The first-order valence-corrected chi connectivity index (χ1v) is 6.07. The molecule has 0 bridgehead atoms. The number of amides is 1. The molecule has 6 heteroatoms. The maximum Gasteiger partial charge on any atom is 0.258 e. The number of pyridine rings is 1. The van der Waals surface area contributed by atoms with Crippen molar-refractivity contribution in [2.45, 2.75) is 0 Å². The van der Waals surface area contributed by atoms with Crippen molar-refractivity contribution < 1.29 is 4.79 Å². The molecule has 2 aromatic rings. The largest absolute Gasteiger partial charge is 0.322 e. The third kappa shape index (κ3) is 3.13. The summed E-state index contributed by atoms with van der Waals surface area (Å²) in [5.41, 5.74) is 0.785. The van der Waals surface area contributed by atoms with Crippen LogP contribution in [0.2, 0.25) is 15.2 Å². The van der Waals surface area contributed by atoms with E-state index in [4.69, 9.17) is 34.8 Å². The summed E-state index contributed by atoms with van der Waals surface area (Å²) in [5.74, 6) is -0.369. The van der Waals surface area contributed by atoms with Gasteiger partial charge >= 0.3 is 0 Å². The van der Waals surface area contributed by atoms with Crippen LogP contribution in [0.5, 0.6) is 0 Å². The molecule has 1 aromatic carbocycles. The summed E-state index contributed by atoms with van der Waals surface area (Å²) >= 11 is 17.5. The maximum atomic E-state index is 11.9. The molecule has 1 heterocycles. The Morgan fingerprint density at radius 3 is 2.39 bits per heavy atom. The van der Waals surface area contributed by atoms with Crippen LogP contribution in [0.4, 0.5) is 5.69 Å². The highest BCUT2D eigenvalue weighted by molar-refractivity contribution is 6.35. The Kier molecular flexibility index (Phi) is 4.07. The number of aromatic nitrogens is 1. The number of anilines is 1. The van der Waals surface area contributed by atoms with Crippen LogP contribution < -0.4 is 5.32 Å². The van der Waals surface area contributed by atoms with Gasteiger partial charge in [0.15, 0.2) is 0 Å². The lowest BCUT2D eigenvalue weighted by molar-refractivity contribution is 0.102. The predicted octanol–water partition coefficient (Wildman–Crippen LogP) is 4.29. The van der Waals surface area contributed by atoms with Crippen molar-refractivity contribution in [2.24, 2.45) is 0 Å². The fourth-order valence-corrected chi connectivity index (χ4v) is 2.11. The molecule has 92 valence electrons. The Hall–Kier alpha value is -1.29. The highest BCUT2D eigenvalue weighted by atomic mass is 35.5. The normalized spacial score (nSPS) is 10.2. The summed E-state index contributed by atoms with van der Waals surface area (Å²) in [6.45, 7) is 0. The number of benzene rings is 1. The van der Waals surface area contributed by atoms with Crippen LogP contribution in [-0.4, -0.2) is 10.9 Å². The Morgan fingerprint density at radius 1 is 1.11 bits per heavy atom. The van der Waals surface area contributed by atoms with E-state index in [0.29, 0.717) is 15.7 Å². The molecule has 0 aliphatic rings. The smallest absolute Gasteiger partial charge is 0.258 e. The minimum Gasteiger partial charge on any atom is -0.322 e. The number of hydrogen-bond donors (Lipinski definition) is 1. The summed E-state index contributed by atoms with van der Waals surface area (Å²) in [4.78, 5) is 15.8. The summed E-state index contributed by atoms with van der Waals surface area (Å²) < 4.78 is 0. The Labute approximate surface area is 119 Å². The second-order valence-electron chi connectivity index (χ2n) is 3.45. The first kappa shape index (κ1) is 13.1. The van der Waals surface area contributed by atoms with Gasteiger partial charge in [0, 0.05) is 21.9 Å². The van der Waals surface area contributed by atoms with Gasteiger partial charge in [-0.15, -0.1) is 0 Å². The summed E-state index contributed by atoms with van der Waals surface area (Å²) in [6, 6.07) is 7.98. The van der Waals surface area contributed by atoms with Crippen LogP contribution in [0.1, 0.15) is 10.4 Å². The van der Waals surface area contributed by atoms with E-state index >= 15 is 0 Å². The SMILES string of the molecule is O=C(Nc1cc(Cl)cc(Cl)c1)c1cccnc1Cl. The van der Waals surface area contributed by atoms with Gasteiger partial charge in [-0.2, -0.15) is 0 Å². The molecule has 18 heavy (non-hydrogen) atoms. The summed E-state index contributed by atoms with van der Waals surface area (Å²) in [5, 5.41) is 3.67. The first-order valence-electron chi connectivity index (χ1n) is 4.94. The van der Waals surface area contributed by atoms with Crippen molar-refractivity contribution in [1.82, 2.24) is 4.98 Å². The molecule has 3 nitrogen and oxygen atoms in total. The van der Waals surface area contributed by atoms with Crippen molar-refractivity contribution in [1.29, 1.82) is 0 Å². The maximum absolute atomic E-state index is 11.9. The number of nitrogens with one attached hydrogen (secondary N) is 1. The topological polar surface area (TPSA) is 42.0 Å². The number of rotatable bonds is 2. The molecule has 0 atom stereocenters. The fourth-order valence-electron chi connectivity index (χ4n) is 1.38. The van der Waals surface area contributed by atoms with Crippen molar-refractivity contribution >= 4 is 46.4 Å². The zero-order chi connectivity index (χ0) is 13.1. The van der Waals surface area contributed by atoms with Crippen molar-refractivity contribution in [2.75, 3.05) is 5.32 Å². The Bertz CT molecular complexity index is 581. The van der Waals surface area contributed by atoms with Gasteiger partial charge in [-0.05, 0) is 30.3 Å². The van der Waals surface area contributed by atoms with Crippen molar-refractivity contribution in [3.05, 3.63) is 57.3 Å². The van der Waals surface area contributed by atoms with Gasteiger partial charge in [0.2, 0.25) is 0 Å². The lowest BCUT2D eigenvalue weighted by Gasteiger charge is -2.07.